The SMILES string of the molecule is CC(C)(C)OC(=O)N1CCC(C2Cc3cc(Br)ccc3O2)CC1. The third kappa shape index (κ3) is 4.00. The maximum absolute atomic E-state index is 12.1. The van der Waals surface area contributed by atoms with Crippen molar-refractivity contribution in [2.24, 2.45) is 5.92 Å². The van der Waals surface area contributed by atoms with Gasteiger partial charge >= 0.3 is 6.09 Å². The monoisotopic (exact) mass is 381 g/mol. The van der Waals surface area contributed by atoms with Gasteiger partial charge in [0.05, 0.1) is 0 Å². The second-order valence-electron chi connectivity index (χ2n) is 7.42. The van der Waals surface area contributed by atoms with Crippen molar-refractivity contribution < 1.29 is 14.3 Å². The molecule has 0 radical (unpaired) electrons. The average Bonchev–Trinajstić information content (AvgIpc) is 2.88. The Morgan fingerprint density at radius 1 is 1.30 bits per heavy atom. The number of likely N-dealkylation sites (tertiary alicyclic amines) is 1. The fourth-order valence-corrected chi connectivity index (χ4v) is 3.70. The highest BCUT2D eigenvalue weighted by molar-refractivity contribution is 9.10. The number of benzene rings is 1. The van der Waals surface area contributed by atoms with Crippen molar-refractivity contribution in [1.82, 2.24) is 4.90 Å². The molecule has 1 saturated heterocycles. The summed E-state index contributed by atoms with van der Waals surface area (Å²) in [6, 6.07) is 6.20. The summed E-state index contributed by atoms with van der Waals surface area (Å²) in [7, 11) is 0. The molecule has 1 unspecified atom stereocenters. The molecule has 1 amide bonds. The molecule has 0 aromatic heterocycles. The van der Waals surface area contributed by atoms with Crippen LogP contribution in [0.15, 0.2) is 22.7 Å². The quantitative estimate of drug-likeness (QED) is 0.723. The van der Waals surface area contributed by atoms with E-state index in [4.69, 9.17) is 9.47 Å². The number of rotatable bonds is 1. The summed E-state index contributed by atoms with van der Waals surface area (Å²) in [5, 5.41) is 0. The van der Waals surface area contributed by atoms with E-state index in [9.17, 15) is 4.79 Å². The minimum absolute atomic E-state index is 0.199. The number of piperidine rings is 1. The first-order chi connectivity index (χ1) is 10.8. The van der Waals surface area contributed by atoms with Crippen molar-refractivity contribution in [2.75, 3.05) is 13.1 Å². The molecule has 3 rings (SSSR count). The molecule has 1 aromatic rings. The van der Waals surface area contributed by atoms with E-state index in [1.807, 2.05) is 37.8 Å². The second-order valence-corrected chi connectivity index (χ2v) is 8.33. The van der Waals surface area contributed by atoms with Crippen LogP contribution in [0.1, 0.15) is 39.2 Å². The lowest BCUT2D eigenvalue weighted by Crippen LogP contribution is -2.44. The molecule has 2 heterocycles. The van der Waals surface area contributed by atoms with Crippen LogP contribution < -0.4 is 4.74 Å². The Morgan fingerprint density at radius 3 is 2.65 bits per heavy atom. The summed E-state index contributed by atoms with van der Waals surface area (Å²) in [6.07, 6.45) is 2.94. The third-order valence-corrected chi connectivity index (χ3v) is 4.93. The first-order valence-corrected chi connectivity index (χ1v) is 9.04. The molecule has 0 spiro atoms. The van der Waals surface area contributed by atoms with Crippen LogP contribution in [-0.2, 0) is 11.2 Å². The Kier molecular flexibility index (Phi) is 4.59. The van der Waals surface area contributed by atoms with E-state index < -0.39 is 5.60 Å². The van der Waals surface area contributed by atoms with Gasteiger partial charge in [-0.3, -0.25) is 0 Å². The van der Waals surface area contributed by atoms with Gasteiger partial charge in [0.15, 0.2) is 0 Å². The number of ether oxygens (including phenoxy) is 2. The number of hydrogen-bond donors (Lipinski definition) is 0. The number of carbonyl (C=O) groups is 1. The highest BCUT2D eigenvalue weighted by atomic mass is 79.9. The Hall–Kier alpha value is -1.23. The molecule has 23 heavy (non-hydrogen) atoms. The van der Waals surface area contributed by atoms with E-state index in [-0.39, 0.29) is 12.2 Å². The first kappa shape index (κ1) is 16.6. The normalized spacial score (nSPS) is 21.7. The van der Waals surface area contributed by atoms with Gasteiger partial charge in [-0.1, -0.05) is 15.9 Å². The Balaban J connectivity index is 1.53. The molecule has 4 nitrogen and oxygen atoms in total. The molecule has 5 heteroatoms. The van der Waals surface area contributed by atoms with Crippen molar-refractivity contribution in [3.05, 3.63) is 28.2 Å². The van der Waals surface area contributed by atoms with Gasteiger partial charge in [0.25, 0.3) is 0 Å². The molecule has 1 aromatic carbocycles. The molecular weight excluding hydrogens is 358 g/mol. The molecular formula is C18H24BrNO3. The second kappa shape index (κ2) is 6.34. The van der Waals surface area contributed by atoms with Crippen LogP contribution in [0.3, 0.4) is 0 Å². The summed E-state index contributed by atoms with van der Waals surface area (Å²) in [5.74, 6) is 1.51. The van der Waals surface area contributed by atoms with Crippen molar-refractivity contribution in [1.29, 1.82) is 0 Å². The van der Waals surface area contributed by atoms with E-state index in [1.165, 1.54) is 5.56 Å². The number of nitrogens with zero attached hydrogens (tertiary/aromatic N) is 1. The van der Waals surface area contributed by atoms with Gasteiger partial charge in [-0.05, 0) is 63.3 Å². The number of carbonyl (C=O) groups excluding carboxylic acids is 1. The maximum atomic E-state index is 12.1. The summed E-state index contributed by atoms with van der Waals surface area (Å²) in [6.45, 7) is 7.21. The molecule has 1 atom stereocenters. The van der Waals surface area contributed by atoms with Gasteiger partial charge in [-0.15, -0.1) is 0 Å². The highest BCUT2D eigenvalue weighted by Crippen LogP contribution is 2.36. The summed E-state index contributed by atoms with van der Waals surface area (Å²) in [5.41, 5.74) is 0.844. The van der Waals surface area contributed by atoms with E-state index in [1.54, 1.807) is 0 Å². The minimum atomic E-state index is -0.433. The highest BCUT2D eigenvalue weighted by Gasteiger charge is 2.34. The molecule has 2 aliphatic heterocycles. The molecule has 0 saturated carbocycles. The van der Waals surface area contributed by atoms with Crippen molar-refractivity contribution in [2.45, 2.75) is 51.7 Å². The van der Waals surface area contributed by atoms with Crippen LogP contribution in [0.2, 0.25) is 0 Å². The van der Waals surface area contributed by atoms with Crippen molar-refractivity contribution in [3.8, 4) is 5.75 Å². The zero-order valence-electron chi connectivity index (χ0n) is 14.0. The Morgan fingerprint density at radius 2 is 2.00 bits per heavy atom. The lowest BCUT2D eigenvalue weighted by atomic mass is 9.89. The van der Waals surface area contributed by atoms with Crippen LogP contribution in [0, 0.1) is 5.92 Å². The van der Waals surface area contributed by atoms with E-state index in [0.29, 0.717) is 5.92 Å². The third-order valence-electron chi connectivity index (χ3n) is 4.44. The fourth-order valence-electron chi connectivity index (χ4n) is 3.29. The van der Waals surface area contributed by atoms with Crippen LogP contribution in [0.25, 0.3) is 0 Å². The van der Waals surface area contributed by atoms with Crippen LogP contribution in [0.5, 0.6) is 5.75 Å². The van der Waals surface area contributed by atoms with Crippen LogP contribution >= 0.6 is 15.9 Å². The largest absolute Gasteiger partial charge is 0.490 e. The van der Waals surface area contributed by atoms with Gasteiger partial charge in [-0.25, -0.2) is 4.79 Å². The van der Waals surface area contributed by atoms with Crippen LogP contribution in [0.4, 0.5) is 4.79 Å². The predicted octanol–water partition coefficient (Wildman–Crippen LogP) is 4.40. The predicted molar refractivity (Wildman–Crippen MR) is 92.8 cm³/mol. The zero-order valence-corrected chi connectivity index (χ0v) is 15.6. The summed E-state index contributed by atoms with van der Waals surface area (Å²) < 4.78 is 12.7. The number of amides is 1. The molecule has 0 bridgehead atoms. The van der Waals surface area contributed by atoms with Crippen molar-refractivity contribution in [3.63, 3.8) is 0 Å². The lowest BCUT2D eigenvalue weighted by Gasteiger charge is -2.35. The van der Waals surface area contributed by atoms with Gasteiger partial charge in [-0.2, -0.15) is 0 Å². The van der Waals surface area contributed by atoms with Crippen LogP contribution in [-0.4, -0.2) is 35.8 Å². The smallest absolute Gasteiger partial charge is 0.410 e. The molecule has 0 N–H and O–H groups in total. The van der Waals surface area contributed by atoms with E-state index >= 15 is 0 Å². The summed E-state index contributed by atoms with van der Waals surface area (Å²) in [4.78, 5) is 13.9. The molecule has 1 fully saturated rings. The zero-order chi connectivity index (χ0) is 16.6. The lowest BCUT2D eigenvalue weighted by molar-refractivity contribution is 0.0123. The topological polar surface area (TPSA) is 38.8 Å². The van der Waals surface area contributed by atoms with E-state index in [0.717, 1.165) is 42.6 Å². The van der Waals surface area contributed by atoms with Gasteiger partial charge in [0, 0.05) is 24.0 Å². The van der Waals surface area contributed by atoms with Gasteiger partial charge in [0.1, 0.15) is 17.5 Å². The van der Waals surface area contributed by atoms with Gasteiger partial charge in [0.2, 0.25) is 0 Å². The fraction of sp³-hybridized carbons (Fsp3) is 0.611. The molecule has 126 valence electrons. The Labute approximate surface area is 146 Å². The standard InChI is InChI=1S/C18H24BrNO3/c1-18(2,3)23-17(21)20-8-6-12(7-9-20)16-11-13-10-14(19)4-5-15(13)22-16/h4-5,10,12,16H,6-9,11H2,1-3H3. The summed E-state index contributed by atoms with van der Waals surface area (Å²) >= 11 is 3.51. The molecule has 2 aliphatic rings. The van der Waals surface area contributed by atoms with E-state index in [2.05, 4.69) is 22.0 Å². The molecule has 0 aliphatic carbocycles. The van der Waals surface area contributed by atoms with Gasteiger partial charge < -0.3 is 14.4 Å². The number of hydrogen-bond acceptors (Lipinski definition) is 3. The average molecular weight is 382 g/mol. The first-order valence-electron chi connectivity index (χ1n) is 8.25. The number of halogens is 1. The minimum Gasteiger partial charge on any atom is -0.490 e. The maximum Gasteiger partial charge on any atom is 0.410 e. The number of fused-ring (bicyclic) bond motifs is 1. The van der Waals surface area contributed by atoms with Crippen molar-refractivity contribution >= 4 is 22.0 Å². The Bertz CT molecular complexity index is 588.